The van der Waals surface area contributed by atoms with Crippen LogP contribution in [0.3, 0.4) is 0 Å². The summed E-state index contributed by atoms with van der Waals surface area (Å²) < 4.78 is 5.27. The molecular weight excluding hydrogens is 591 g/mol. The molecule has 0 saturated heterocycles. The minimum absolute atomic E-state index is 0.00494. The van der Waals surface area contributed by atoms with Crippen molar-refractivity contribution in [3.05, 3.63) is 113 Å². The van der Waals surface area contributed by atoms with E-state index in [2.05, 4.69) is 183 Å². The summed E-state index contributed by atoms with van der Waals surface area (Å²) in [6.45, 7) is 28.0. The van der Waals surface area contributed by atoms with E-state index in [4.69, 9.17) is 0 Å². The minimum Gasteiger partial charge on any atom is -0.376 e. The number of rotatable bonds is 1. The van der Waals surface area contributed by atoms with Gasteiger partial charge in [0.1, 0.15) is 0 Å². The van der Waals surface area contributed by atoms with Gasteiger partial charge in [0.2, 0.25) is 0 Å². The summed E-state index contributed by atoms with van der Waals surface area (Å²) in [5.74, 6) is 0. The van der Waals surface area contributed by atoms with Gasteiger partial charge in [-0.3, -0.25) is 0 Å². The Hall–Kier alpha value is -4.24. The summed E-state index contributed by atoms with van der Waals surface area (Å²) in [5, 5.41) is 5.35. The lowest BCUT2D eigenvalue weighted by atomic mass is 9.47. The predicted octanol–water partition coefficient (Wildman–Crippen LogP) is 11.0. The fraction of sp³-hybridized carbons (Fsp3) is 0.348. The van der Waals surface area contributed by atoms with Gasteiger partial charge in [0.15, 0.2) is 0 Å². The number of nitrogens with zero attached hydrogens (tertiary/aromatic N) is 2. The Morgan fingerprint density at radius 1 is 0.408 bits per heavy atom. The summed E-state index contributed by atoms with van der Waals surface area (Å²) in [4.78, 5) is 0. The molecule has 0 bridgehead atoms. The largest absolute Gasteiger partial charge is 0.376 e. The average Bonchev–Trinajstić information content (AvgIpc) is 3.52. The first kappa shape index (κ1) is 32.0. The molecule has 2 nitrogen and oxygen atoms in total. The number of hydrogen-bond acceptors (Lipinski definition) is 0. The van der Waals surface area contributed by atoms with E-state index in [-0.39, 0.29) is 28.5 Å². The molecule has 0 N–H and O–H groups in total. The zero-order valence-corrected chi connectivity index (χ0v) is 31.6. The monoisotopic (exact) mass is 642 g/mol. The van der Waals surface area contributed by atoms with Crippen LogP contribution in [0.1, 0.15) is 105 Å². The van der Waals surface area contributed by atoms with Crippen molar-refractivity contribution in [1.29, 1.82) is 0 Å². The fourth-order valence-electron chi connectivity index (χ4n) is 8.16. The van der Waals surface area contributed by atoms with E-state index >= 15 is 0 Å². The molecule has 0 fully saturated rings. The van der Waals surface area contributed by atoms with Crippen molar-refractivity contribution in [2.24, 2.45) is 0 Å². The molecule has 3 heterocycles. The molecule has 8 rings (SSSR count). The number of benzene rings is 5. The van der Waals surface area contributed by atoms with E-state index in [0.717, 1.165) is 0 Å². The topological polar surface area (TPSA) is 9.86 Å². The van der Waals surface area contributed by atoms with Crippen molar-refractivity contribution in [3.63, 3.8) is 0 Å². The molecule has 0 unspecified atom stereocenters. The lowest BCUT2D eigenvalue weighted by molar-refractivity contribution is 0.590. The number of fused-ring (bicyclic) bond motifs is 8. The van der Waals surface area contributed by atoms with Crippen molar-refractivity contribution < 1.29 is 0 Å². The summed E-state index contributed by atoms with van der Waals surface area (Å²) in [6.07, 6.45) is 0. The van der Waals surface area contributed by atoms with Crippen LogP contribution >= 0.6 is 0 Å². The molecule has 1 aliphatic rings. The van der Waals surface area contributed by atoms with Gasteiger partial charge in [0, 0.05) is 38.3 Å². The quantitative estimate of drug-likeness (QED) is 0.158. The van der Waals surface area contributed by atoms with Crippen LogP contribution in [0.4, 0.5) is 0 Å². The second-order valence-corrected chi connectivity index (χ2v) is 18.8. The molecule has 0 saturated carbocycles. The van der Waals surface area contributed by atoms with Crippen LogP contribution in [-0.4, -0.2) is 15.9 Å². The van der Waals surface area contributed by atoms with Gasteiger partial charge in [-0.05, 0) is 91.2 Å². The normalized spacial score (nSPS) is 14.1. The maximum Gasteiger partial charge on any atom is 0.332 e. The number of para-hydroxylation sites is 1. The lowest BCUT2D eigenvalue weighted by Gasteiger charge is -2.31. The van der Waals surface area contributed by atoms with E-state index in [9.17, 15) is 0 Å². The molecular formula is C46H51BN2. The zero-order valence-electron chi connectivity index (χ0n) is 31.6. The molecule has 5 aromatic carbocycles. The summed E-state index contributed by atoms with van der Waals surface area (Å²) in [7, 11) is 0. The lowest BCUT2D eigenvalue weighted by Crippen LogP contribution is -2.53. The highest BCUT2D eigenvalue weighted by Crippen LogP contribution is 2.41. The van der Waals surface area contributed by atoms with Gasteiger partial charge in [-0.25, -0.2) is 0 Å². The Morgan fingerprint density at radius 3 is 1.45 bits per heavy atom. The Kier molecular flexibility index (Phi) is 6.63. The Bertz CT molecular complexity index is 2400. The van der Waals surface area contributed by atoms with Crippen LogP contribution in [0.5, 0.6) is 0 Å². The van der Waals surface area contributed by atoms with E-state index in [1.54, 1.807) is 0 Å². The smallest absolute Gasteiger partial charge is 0.332 e. The Balaban J connectivity index is 1.59. The van der Waals surface area contributed by atoms with E-state index in [1.165, 1.54) is 82.5 Å². The molecule has 0 spiro atoms. The van der Waals surface area contributed by atoms with Crippen LogP contribution in [0, 0.1) is 0 Å². The zero-order chi connectivity index (χ0) is 35.0. The van der Waals surface area contributed by atoms with Crippen molar-refractivity contribution in [3.8, 4) is 5.69 Å². The van der Waals surface area contributed by atoms with Gasteiger partial charge in [-0.15, -0.1) is 0 Å². The highest BCUT2D eigenvalue weighted by molar-refractivity contribution is 6.88. The fourth-order valence-corrected chi connectivity index (χ4v) is 8.16. The third kappa shape index (κ3) is 4.83. The predicted molar refractivity (Wildman–Crippen MR) is 215 cm³/mol. The second kappa shape index (κ2) is 10.2. The van der Waals surface area contributed by atoms with Crippen molar-refractivity contribution in [2.45, 2.75) is 105 Å². The van der Waals surface area contributed by atoms with Gasteiger partial charge in [-0.2, -0.15) is 0 Å². The van der Waals surface area contributed by atoms with E-state index in [0.29, 0.717) is 0 Å². The molecule has 49 heavy (non-hydrogen) atoms. The van der Waals surface area contributed by atoms with E-state index in [1.807, 2.05) is 0 Å². The molecule has 7 aromatic rings. The van der Waals surface area contributed by atoms with Gasteiger partial charge in [0.05, 0.1) is 11.0 Å². The van der Waals surface area contributed by atoms with Crippen LogP contribution in [-0.2, 0) is 21.7 Å². The van der Waals surface area contributed by atoms with Crippen LogP contribution < -0.4 is 10.9 Å². The van der Waals surface area contributed by atoms with Gasteiger partial charge in [-0.1, -0.05) is 138 Å². The first-order valence-electron chi connectivity index (χ1n) is 18.1. The highest BCUT2D eigenvalue weighted by Gasteiger charge is 2.38. The maximum absolute atomic E-state index is 2.71. The van der Waals surface area contributed by atoms with Crippen LogP contribution in [0.15, 0.2) is 91.0 Å². The molecule has 2 aromatic heterocycles. The molecule has 0 atom stereocenters. The molecule has 3 heteroatoms. The average molecular weight is 643 g/mol. The molecule has 1 aliphatic heterocycles. The second-order valence-electron chi connectivity index (χ2n) is 18.8. The maximum atomic E-state index is 2.71. The van der Waals surface area contributed by atoms with E-state index < -0.39 is 0 Å². The van der Waals surface area contributed by atoms with Crippen LogP contribution in [0.25, 0.3) is 49.3 Å². The molecule has 248 valence electrons. The summed E-state index contributed by atoms with van der Waals surface area (Å²) >= 11 is 0. The van der Waals surface area contributed by atoms with Crippen molar-refractivity contribution in [2.75, 3.05) is 0 Å². The first-order valence-corrected chi connectivity index (χ1v) is 18.1. The highest BCUT2D eigenvalue weighted by atomic mass is 15.0. The Labute approximate surface area is 293 Å². The molecule has 0 aliphatic carbocycles. The molecule has 0 radical (unpaired) electrons. The van der Waals surface area contributed by atoms with Gasteiger partial charge >= 0.3 is 6.85 Å². The molecule has 0 amide bonds. The number of hydrogen-bond donors (Lipinski definition) is 0. The van der Waals surface area contributed by atoms with Gasteiger partial charge < -0.3 is 9.05 Å². The van der Waals surface area contributed by atoms with Gasteiger partial charge in [0.25, 0.3) is 0 Å². The summed E-state index contributed by atoms with van der Waals surface area (Å²) in [5.41, 5.74) is 14.9. The first-order chi connectivity index (χ1) is 22.8. The van der Waals surface area contributed by atoms with Crippen LogP contribution in [0.2, 0.25) is 0 Å². The number of aromatic nitrogens is 2. The SMILES string of the molecule is CC(C)(C)c1ccc2c(c1)c1cc(C(C)(C)C)cc3c1n2-c1ccccc1B3n1c2cc(C(C)(C)C)ccc2c2ccc(C(C)(C)C)cc21. The Morgan fingerprint density at radius 2 is 0.898 bits per heavy atom. The standard InChI is InChI=1S/C46H51BN2/c1-43(2,3)28-19-22-38-34(23-28)35-24-31(46(10,11)12)25-37-42(35)48(38)39-16-14-13-15-36(39)47(37)49-40-26-29(44(4,5)6)17-20-32(40)33-21-18-30(27-41(33)49)45(7,8)9/h13-27H,1-12H3. The third-order valence-corrected chi connectivity index (χ3v) is 11.2. The third-order valence-electron chi connectivity index (χ3n) is 11.2. The summed E-state index contributed by atoms with van der Waals surface area (Å²) in [6, 6.07) is 35.8. The minimum atomic E-state index is -0.0120. The van der Waals surface area contributed by atoms with Crippen molar-refractivity contribution >= 4 is 61.4 Å². The van der Waals surface area contributed by atoms with Crippen molar-refractivity contribution in [1.82, 2.24) is 9.05 Å².